The van der Waals surface area contributed by atoms with Crippen LogP contribution in [0.5, 0.6) is 0 Å². The Labute approximate surface area is 185 Å². The molecular weight excluding hydrogens is 414 g/mol. The summed E-state index contributed by atoms with van der Waals surface area (Å²) < 4.78 is 0. The van der Waals surface area contributed by atoms with Gasteiger partial charge in [0.2, 0.25) is 11.8 Å². The van der Waals surface area contributed by atoms with Gasteiger partial charge in [0.25, 0.3) is 0 Å². The van der Waals surface area contributed by atoms with Crippen molar-refractivity contribution in [2.75, 3.05) is 11.9 Å². The number of aromatic nitrogens is 2. The molecule has 2 amide bonds. The number of carbonyl (C=O) groups is 2. The average Bonchev–Trinajstić information content (AvgIpc) is 2.92. The number of halogens is 1. The van der Waals surface area contributed by atoms with E-state index in [1.165, 1.54) is 0 Å². The number of amides is 2. The molecule has 1 unspecified atom stereocenters. The molecule has 0 spiro atoms. The van der Waals surface area contributed by atoms with E-state index in [9.17, 15) is 9.59 Å². The first-order valence-electron chi connectivity index (χ1n) is 10.2. The molecule has 2 N–H and O–H groups in total. The maximum atomic E-state index is 13.6. The van der Waals surface area contributed by atoms with Crippen molar-refractivity contribution in [3.05, 3.63) is 64.9 Å². The number of rotatable bonds is 5. The first-order valence-corrected chi connectivity index (χ1v) is 10.6. The highest BCUT2D eigenvalue weighted by atomic mass is 35.5. The Balaban J connectivity index is 1.74. The molecule has 1 aliphatic rings. The Bertz CT molecular complexity index is 1140. The topological polar surface area (TPSA) is 87.2 Å². The van der Waals surface area contributed by atoms with E-state index in [1.807, 2.05) is 36.4 Å². The number of pyridine rings is 2. The van der Waals surface area contributed by atoms with Crippen molar-refractivity contribution in [2.24, 2.45) is 0 Å². The van der Waals surface area contributed by atoms with E-state index in [2.05, 4.69) is 20.6 Å². The van der Waals surface area contributed by atoms with Crippen molar-refractivity contribution in [1.82, 2.24) is 20.6 Å². The third kappa shape index (κ3) is 4.24. The number of likely N-dealkylation sites (N-methyl/N-ethyl adjacent to an activating group) is 1. The number of benzene rings is 1. The monoisotopic (exact) mass is 437 g/mol. The highest BCUT2D eigenvalue weighted by molar-refractivity contribution is 6.32. The average molecular weight is 438 g/mol. The van der Waals surface area contributed by atoms with Gasteiger partial charge in [-0.15, -0.1) is 0 Å². The van der Waals surface area contributed by atoms with Gasteiger partial charge in [-0.3, -0.25) is 9.59 Å². The minimum absolute atomic E-state index is 0.161. The summed E-state index contributed by atoms with van der Waals surface area (Å²) in [5.74, 6) is -0.366. The minimum Gasteiger partial charge on any atom is -0.343 e. The van der Waals surface area contributed by atoms with E-state index in [0.717, 1.165) is 22.2 Å². The molecule has 160 valence electrons. The second kappa shape index (κ2) is 8.99. The Hall–Kier alpha value is -3.03. The summed E-state index contributed by atoms with van der Waals surface area (Å²) in [6, 6.07) is 10.5. The van der Waals surface area contributed by atoms with Crippen molar-refractivity contribution < 1.29 is 9.59 Å². The lowest BCUT2D eigenvalue weighted by molar-refractivity contribution is -0.128. The molecule has 3 aromatic rings. The van der Waals surface area contributed by atoms with Crippen LogP contribution < -0.4 is 15.5 Å². The first kappa shape index (κ1) is 21.2. The molecule has 7 nitrogen and oxygen atoms in total. The van der Waals surface area contributed by atoms with Crippen LogP contribution in [-0.4, -0.2) is 40.9 Å². The van der Waals surface area contributed by atoms with Crippen LogP contribution in [0, 0.1) is 0 Å². The fraction of sp³-hybridized carbons (Fsp3) is 0.304. The molecule has 31 heavy (non-hydrogen) atoms. The van der Waals surface area contributed by atoms with Crippen LogP contribution in [-0.2, 0) is 22.6 Å². The minimum atomic E-state index is -0.624. The number of para-hydroxylation sites is 1. The van der Waals surface area contributed by atoms with Gasteiger partial charge in [0, 0.05) is 29.0 Å². The van der Waals surface area contributed by atoms with E-state index < -0.39 is 12.1 Å². The molecule has 8 heteroatoms. The number of nitrogens with one attached hydrogen (secondary N) is 2. The number of fused-ring (bicyclic) bond motifs is 2. The van der Waals surface area contributed by atoms with Crippen LogP contribution >= 0.6 is 11.6 Å². The molecule has 4 rings (SSSR count). The zero-order chi connectivity index (χ0) is 22.0. The second-order valence-corrected chi connectivity index (χ2v) is 8.03. The van der Waals surface area contributed by atoms with Crippen molar-refractivity contribution in [3.8, 4) is 0 Å². The highest BCUT2D eigenvalue weighted by Gasteiger charge is 2.32. The number of hydrogen-bond donors (Lipinski definition) is 2. The molecule has 0 fully saturated rings. The summed E-state index contributed by atoms with van der Waals surface area (Å²) >= 11 is 6.51. The number of aryl methyl sites for hydroxylation is 1. The number of nitrogens with zero attached hydrogens (tertiary/aromatic N) is 3. The maximum absolute atomic E-state index is 13.6. The second-order valence-electron chi connectivity index (χ2n) is 7.62. The Kier molecular flexibility index (Phi) is 6.15. The van der Waals surface area contributed by atoms with Gasteiger partial charge >= 0.3 is 0 Å². The van der Waals surface area contributed by atoms with Gasteiger partial charge in [0.05, 0.1) is 17.6 Å². The van der Waals surface area contributed by atoms with Crippen LogP contribution in [0.2, 0.25) is 5.02 Å². The number of carbonyl (C=O) groups excluding carboxylic acids is 2. The van der Waals surface area contributed by atoms with Gasteiger partial charge in [0.15, 0.2) is 5.65 Å². The van der Waals surface area contributed by atoms with Crippen molar-refractivity contribution in [2.45, 2.75) is 38.4 Å². The van der Waals surface area contributed by atoms with Crippen LogP contribution in [0.4, 0.5) is 5.69 Å². The lowest BCUT2D eigenvalue weighted by atomic mass is 10.1. The third-order valence-corrected chi connectivity index (χ3v) is 6.03. The summed E-state index contributed by atoms with van der Waals surface area (Å²) in [6.07, 6.45) is 4.45. The smallest absolute Gasteiger partial charge is 0.249 e. The number of hydrogen-bond acceptors (Lipinski definition) is 5. The lowest BCUT2D eigenvalue weighted by Gasteiger charge is -2.27. The molecule has 2 atom stereocenters. The highest BCUT2D eigenvalue weighted by Crippen LogP contribution is 2.32. The summed E-state index contributed by atoms with van der Waals surface area (Å²) in [5.41, 5.74) is 3.24. The fourth-order valence-corrected chi connectivity index (χ4v) is 4.03. The quantitative estimate of drug-likeness (QED) is 0.641. The Morgan fingerprint density at radius 1 is 1.26 bits per heavy atom. The summed E-state index contributed by atoms with van der Waals surface area (Å²) in [6.45, 7) is 2.02. The van der Waals surface area contributed by atoms with Gasteiger partial charge in [-0.25, -0.2) is 9.97 Å². The number of anilines is 1. The molecule has 0 aliphatic carbocycles. The van der Waals surface area contributed by atoms with E-state index in [1.54, 1.807) is 31.3 Å². The zero-order valence-electron chi connectivity index (χ0n) is 17.4. The zero-order valence-corrected chi connectivity index (χ0v) is 18.2. The van der Waals surface area contributed by atoms with Crippen LogP contribution in [0.15, 0.2) is 48.8 Å². The molecular formula is C23H24ClN5O2. The van der Waals surface area contributed by atoms with Crippen LogP contribution in [0.1, 0.15) is 24.5 Å². The van der Waals surface area contributed by atoms with Crippen LogP contribution in [0.25, 0.3) is 11.0 Å². The third-order valence-electron chi connectivity index (χ3n) is 5.71. The van der Waals surface area contributed by atoms with Crippen molar-refractivity contribution in [1.29, 1.82) is 0 Å². The van der Waals surface area contributed by atoms with Crippen molar-refractivity contribution in [3.63, 3.8) is 0 Å². The molecule has 2 aromatic heterocycles. The lowest BCUT2D eigenvalue weighted by Crippen LogP contribution is -2.52. The molecule has 3 heterocycles. The normalized spacial score (nSPS) is 17.2. The molecule has 0 bridgehead atoms. The SMILES string of the molecule is CNC(C)C(=O)N[C@H]1CCc2ccccc2N(Cc2c(Cl)cnc3ncccc23)C1=O. The molecule has 0 saturated carbocycles. The molecule has 1 aliphatic heterocycles. The Morgan fingerprint density at radius 2 is 2.06 bits per heavy atom. The van der Waals surface area contributed by atoms with Gasteiger partial charge < -0.3 is 15.5 Å². The Morgan fingerprint density at radius 3 is 2.87 bits per heavy atom. The predicted octanol–water partition coefficient (Wildman–Crippen LogP) is 2.86. The van der Waals surface area contributed by atoms with Gasteiger partial charge in [0.1, 0.15) is 6.04 Å². The molecule has 1 aromatic carbocycles. The predicted molar refractivity (Wildman–Crippen MR) is 121 cm³/mol. The summed E-state index contributed by atoms with van der Waals surface area (Å²) in [7, 11) is 1.71. The van der Waals surface area contributed by atoms with Gasteiger partial charge in [-0.1, -0.05) is 29.8 Å². The first-order chi connectivity index (χ1) is 15.0. The van der Waals surface area contributed by atoms with Crippen molar-refractivity contribution >= 4 is 40.1 Å². The van der Waals surface area contributed by atoms with E-state index in [4.69, 9.17) is 11.6 Å². The molecule has 0 radical (unpaired) electrons. The van der Waals surface area contributed by atoms with E-state index in [0.29, 0.717) is 23.5 Å². The van der Waals surface area contributed by atoms with E-state index in [-0.39, 0.29) is 18.4 Å². The largest absolute Gasteiger partial charge is 0.343 e. The van der Waals surface area contributed by atoms with Gasteiger partial charge in [-0.2, -0.15) is 0 Å². The fourth-order valence-electron chi connectivity index (χ4n) is 3.82. The summed E-state index contributed by atoms with van der Waals surface area (Å²) in [5, 5.41) is 7.10. The molecule has 0 saturated heterocycles. The summed E-state index contributed by atoms with van der Waals surface area (Å²) in [4.78, 5) is 36.4. The van der Waals surface area contributed by atoms with Crippen LogP contribution in [0.3, 0.4) is 0 Å². The standard InChI is InChI=1S/C23H24ClN5O2/c1-14(25-2)22(30)28-19-10-9-15-6-3-4-8-20(15)29(23(19)31)13-17-16-7-5-11-26-21(16)27-12-18(17)24/h3-8,11-12,14,19,25H,9-10,13H2,1-2H3,(H,28,30)/t14?,19-/m0/s1. The van der Waals surface area contributed by atoms with E-state index >= 15 is 0 Å². The maximum Gasteiger partial charge on any atom is 0.249 e. The van der Waals surface area contributed by atoms with Gasteiger partial charge in [-0.05, 0) is 50.6 Å².